The topological polar surface area (TPSA) is 26.3 Å². The van der Waals surface area contributed by atoms with E-state index in [-0.39, 0.29) is 5.92 Å². The Balaban J connectivity index is 2.57. The SMILES string of the molecule is CCCCOC1(C(=O)C(C)C)CCCC1. The lowest BCUT2D eigenvalue weighted by Gasteiger charge is -2.29. The third kappa shape index (κ3) is 3.04. The van der Waals surface area contributed by atoms with Gasteiger partial charge in [0, 0.05) is 12.5 Å². The minimum atomic E-state index is -0.413. The molecule has 2 heteroatoms. The van der Waals surface area contributed by atoms with Crippen molar-refractivity contribution < 1.29 is 9.53 Å². The Morgan fingerprint density at radius 3 is 2.40 bits per heavy atom. The lowest BCUT2D eigenvalue weighted by Crippen LogP contribution is -2.41. The van der Waals surface area contributed by atoms with Gasteiger partial charge in [-0.15, -0.1) is 0 Å². The Hall–Kier alpha value is -0.370. The maximum Gasteiger partial charge on any atom is 0.167 e. The van der Waals surface area contributed by atoms with Gasteiger partial charge in [-0.3, -0.25) is 4.79 Å². The summed E-state index contributed by atoms with van der Waals surface area (Å²) in [6.45, 7) is 6.85. The first-order chi connectivity index (χ1) is 7.12. The van der Waals surface area contributed by atoms with Gasteiger partial charge in [0.05, 0.1) is 0 Å². The molecule has 1 saturated carbocycles. The van der Waals surface area contributed by atoms with Crippen LogP contribution in [0.2, 0.25) is 0 Å². The molecule has 0 aliphatic heterocycles. The lowest BCUT2D eigenvalue weighted by atomic mass is 9.89. The highest BCUT2D eigenvalue weighted by Crippen LogP contribution is 2.36. The largest absolute Gasteiger partial charge is 0.367 e. The molecule has 0 atom stereocenters. The van der Waals surface area contributed by atoms with Gasteiger partial charge in [0.2, 0.25) is 0 Å². The van der Waals surface area contributed by atoms with Crippen molar-refractivity contribution in [1.29, 1.82) is 0 Å². The van der Waals surface area contributed by atoms with Crippen molar-refractivity contribution in [2.24, 2.45) is 5.92 Å². The van der Waals surface area contributed by atoms with E-state index in [9.17, 15) is 4.79 Å². The Bertz CT molecular complexity index is 203. The highest BCUT2D eigenvalue weighted by atomic mass is 16.5. The van der Waals surface area contributed by atoms with Crippen molar-refractivity contribution >= 4 is 5.78 Å². The van der Waals surface area contributed by atoms with E-state index in [4.69, 9.17) is 4.74 Å². The van der Waals surface area contributed by atoms with E-state index in [1.165, 1.54) is 0 Å². The van der Waals surface area contributed by atoms with Crippen LogP contribution in [0, 0.1) is 5.92 Å². The van der Waals surface area contributed by atoms with E-state index < -0.39 is 5.60 Å². The van der Waals surface area contributed by atoms with Crippen LogP contribution in [0.3, 0.4) is 0 Å². The van der Waals surface area contributed by atoms with Gasteiger partial charge in [0.15, 0.2) is 5.78 Å². The van der Waals surface area contributed by atoms with Gasteiger partial charge >= 0.3 is 0 Å². The second kappa shape index (κ2) is 5.64. The van der Waals surface area contributed by atoms with Crippen LogP contribution in [-0.2, 0) is 9.53 Å². The summed E-state index contributed by atoms with van der Waals surface area (Å²) in [5.74, 6) is 0.417. The first-order valence-electron chi connectivity index (χ1n) is 6.30. The molecule has 0 spiro atoms. The number of ether oxygens (including phenoxy) is 1. The van der Waals surface area contributed by atoms with E-state index in [1.807, 2.05) is 13.8 Å². The van der Waals surface area contributed by atoms with Crippen LogP contribution < -0.4 is 0 Å². The average Bonchev–Trinajstić information content (AvgIpc) is 2.67. The summed E-state index contributed by atoms with van der Waals surface area (Å²) in [4.78, 5) is 12.1. The maximum atomic E-state index is 12.1. The lowest BCUT2D eigenvalue weighted by molar-refractivity contribution is -0.147. The van der Waals surface area contributed by atoms with Crippen molar-refractivity contribution in [1.82, 2.24) is 0 Å². The highest BCUT2D eigenvalue weighted by molar-refractivity contribution is 5.89. The molecule has 0 aromatic carbocycles. The fourth-order valence-electron chi connectivity index (χ4n) is 2.35. The van der Waals surface area contributed by atoms with Crippen molar-refractivity contribution in [3.05, 3.63) is 0 Å². The van der Waals surface area contributed by atoms with Crippen molar-refractivity contribution in [2.75, 3.05) is 6.61 Å². The number of Topliss-reactive ketones (excluding diaryl/α,β-unsaturated/α-hetero) is 1. The molecular weight excluding hydrogens is 188 g/mol. The number of hydrogen-bond acceptors (Lipinski definition) is 2. The number of unbranched alkanes of at least 4 members (excludes halogenated alkanes) is 1. The average molecular weight is 212 g/mol. The summed E-state index contributed by atoms with van der Waals surface area (Å²) in [5, 5.41) is 0. The smallest absolute Gasteiger partial charge is 0.167 e. The first-order valence-corrected chi connectivity index (χ1v) is 6.30. The molecular formula is C13H24O2. The first kappa shape index (κ1) is 12.7. The maximum absolute atomic E-state index is 12.1. The minimum Gasteiger partial charge on any atom is -0.367 e. The molecule has 0 N–H and O–H groups in total. The van der Waals surface area contributed by atoms with Crippen LogP contribution in [0.5, 0.6) is 0 Å². The summed E-state index contributed by atoms with van der Waals surface area (Å²) < 4.78 is 5.90. The highest BCUT2D eigenvalue weighted by Gasteiger charge is 2.42. The van der Waals surface area contributed by atoms with E-state index in [0.29, 0.717) is 5.78 Å². The van der Waals surface area contributed by atoms with Crippen molar-refractivity contribution in [3.8, 4) is 0 Å². The van der Waals surface area contributed by atoms with E-state index >= 15 is 0 Å². The van der Waals surface area contributed by atoms with Crippen LogP contribution >= 0.6 is 0 Å². The quantitative estimate of drug-likeness (QED) is 0.631. The van der Waals surface area contributed by atoms with Gasteiger partial charge < -0.3 is 4.74 Å². The summed E-state index contributed by atoms with van der Waals surface area (Å²) in [6, 6.07) is 0. The Morgan fingerprint density at radius 2 is 1.93 bits per heavy atom. The molecule has 0 radical (unpaired) electrons. The van der Waals surface area contributed by atoms with Gasteiger partial charge in [-0.2, -0.15) is 0 Å². The predicted octanol–water partition coefficient (Wildman–Crippen LogP) is 3.34. The summed E-state index contributed by atoms with van der Waals surface area (Å²) >= 11 is 0. The monoisotopic (exact) mass is 212 g/mol. The molecule has 1 aliphatic carbocycles. The van der Waals surface area contributed by atoms with E-state index in [1.54, 1.807) is 0 Å². The molecule has 2 nitrogen and oxygen atoms in total. The molecule has 1 fully saturated rings. The molecule has 0 bridgehead atoms. The van der Waals surface area contributed by atoms with Crippen LogP contribution in [0.1, 0.15) is 59.3 Å². The zero-order chi connectivity index (χ0) is 11.3. The summed E-state index contributed by atoms with van der Waals surface area (Å²) in [6.07, 6.45) is 6.36. The fraction of sp³-hybridized carbons (Fsp3) is 0.923. The molecule has 0 aromatic rings. The molecule has 0 saturated heterocycles. The molecule has 0 aromatic heterocycles. The summed E-state index contributed by atoms with van der Waals surface area (Å²) in [5.41, 5.74) is -0.413. The third-order valence-corrected chi connectivity index (χ3v) is 3.26. The van der Waals surface area contributed by atoms with Crippen LogP contribution in [0.25, 0.3) is 0 Å². The standard InChI is InChI=1S/C13H24O2/c1-4-5-10-15-13(8-6-7-9-13)12(14)11(2)3/h11H,4-10H2,1-3H3. The Labute approximate surface area is 93.4 Å². The Morgan fingerprint density at radius 1 is 1.33 bits per heavy atom. The van der Waals surface area contributed by atoms with Crippen molar-refractivity contribution in [2.45, 2.75) is 64.9 Å². The Kier molecular flexibility index (Phi) is 4.78. The summed E-state index contributed by atoms with van der Waals surface area (Å²) in [7, 11) is 0. The number of rotatable bonds is 6. The van der Waals surface area contributed by atoms with Gasteiger partial charge in [-0.25, -0.2) is 0 Å². The minimum absolute atomic E-state index is 0.102. The number of carbonyl (C=O) groups is 1. The molecule has 0 amide bonds. The van der Waals surface area contributed by atoms with Crippen LogP contribution in [0.15, 0.2) is 0 Å². The van der Waals surface area contributed by atoms with Crippen LogP contribution in [0.4, 0.5) is 0 Å². The van der Waals surface area contributed by atoms with Gasteiger partial charge in [-0.1, -0.05) is 27.2 Å². The third-order valence-electron chi connectivity index (χ3n) is 3.26. The van der Waals surface area contributed by atoms with E-state index in [0.717, 1.165) is 45.1 Å². The molecule has 15 heavy (non-hydrogen) atoms. The van der Waals surface area contributed by atoms with Crippen LogP contribution in [-0.4, -0.2) is 18.0 Å². The van der Waals surface area contributed by atoms with Gasteiger partial charge in [-0.05, 0) is 32.1 Å². The number of hydrogen-bond donors (Lipinski definition) is 0. The number of ketones is 1. The fourth-order valence-corrected chi connectivity index (χ4v) is 2.35. The van der Waals surface area contributed by atoms with E-state index in [2.05, 4.69) is 6.92 Å². The molecule has 0 unspecified atom stereocenters. The second-order valence-electron chi connectivity index (χ2n) is 4.92. The second-order valence-corrected chi connectivity index (χ2v) is 4.92. The molecule has 88 valence electrons. The van der Waals surface area contributed by atoms with Crippen molar-refractivity contribution in [3.63, 3.8) is 0 Å². The predicted molar refractivity (Wildman–Crippen MR) is 61.9 cm³/mol. The van der Waals surface area contributed by atoms with Gasteiger partial charge in [0.1, 0.15) is 5.60 Å². The normalized spacial score (nSPS) is 19.7. The van der Waals surface area contributed by atoms with Gasteiger partial charge in [0.25, 0.3) is 0 Å². The zero-order valence-corrected chi connectivity index (χ0v) is 10.3. The molecule has 1 rings (SSSR count). The number of carbonyl (C=O) groups excluding carboxylic acids is 1. The zero-order valence-electron chi connectivity index (χ0n) is 10.3. The molecule has 1 aliphatic rings. The molecule has 0 heterocycles.